The van der Waals surface area contributed by atoms with Gasteiger partial charge in [0.15, 0.2) is 5.82 Å². The quantitative estimate of drug-likeness (QED) is 0.575. The number of ether oxygens (including phenoxy) is 1. The number of nitrogens with one attached hydrogen (secondary N) is 2. The second-order valence-electron chi connectivity index (χ2n) is 5.82. The van der Waals surface area contributed by atoms with Crippen LogP contribution in [-0.4, -0.2) is 35.2 Å². The molecule has 134 valence electrons. The van der Waals surface area contributed by atoms with E-state index < -0.39 is 0 Å². The van der Waals surface area contributed by atoms with Gasteiger partial charge in [0.25, 0.3) is 0 Å². The Hall–Kier alpha value is -2.99. The molecule has 0 aliphatic heterocycles. The smallest absolute Gasteiger partial charge is 0.163 e. The van der Waals surface area contributed by atoms with Gasteiger partial charge in [0.05, 0.1) is 0 Å². The standard InChI is InChI=1S/C20H23N5O/c1-26-12-6-11-22-18-13-19(23-15-16-7-5-10-21-14-16)25-20(24-18)17-8-3-2-4-9-17/h2-5,7-10,13-14H,6,11-12,15H2,1H3,(H2,22,23,24,25). The van der Waals surface area contributed by atoms with Gasteiger partial charge in [-0.25, -0.2) is 9.97 Å². The van der Waals surface area contributed by atoms with E-state index in [4.69, 9.17) is 4.74 Å². The Morgan fingerprint density at radius 2 is 1.77 bits per heavy atom. The van der Waals surface area contributed by atoms with Crippen molar-refractivity contribution in [2.45, 2.75) is 13.0 Å². The first kappa shape index (κ1) is 17.8. The Morgan fingerprint density at radius 3 is 2.50 bits per heavy atom. The van der Waals surface area contributed by atoms with E-state index in [-0.39, 0.29) is 0 Å². The molecule has 0 bridgehead atoms. The lowest BCUT2D eigenvalue weighted by atomic mass is 10.2. The fraction of sp³-hybridized carbons (Fsp3) is 0.250. The Bertz CT molecular complexity index is 796. The molecule has 0 saturated heterocycles. The van der Waals surface area contributed by atoms with Crippen LogP contribution in [-0.2, 0) is 11.3 Å². The van der Waals surface area contributed by atoms with Crippen molar-refractivity contribution in [1.29, 1.82) is 0 Å². The zero-order valence-electron chi connectivity index (χ0n) is 14.9. The minimum Gasteiger partial charge on any atom is -0.385 e. The minimum atomic E-state index is 0.655. The molecular weight excluding hydrogens is 326 g/mol. The van der Waals surface area contributed by atoms with Crippen LogP contribution < -0.4 is 10.6 Å². The third-order valence-electron chi connectivity index (χ3n) is 3.79. The van der Waals surface area contributed by atoms with Crippen LogP contribution in [0, 0.1) is 0 Å². The number of benzene rings is 1. The first-order valence-corrected chi connectivity index (χ1v) is 8.65. The molecular formula is C20H23N5O. The molecule has 0 radical (unpaired) electrons. The van der Waals surface area contributed by atoms with E-state index in [0.29, 0.717) is 12.4 Å². The zero-order chi connectivity index (χ0) is 18.0. The van der Waals surface area contributed by atoms with Gasteiger partial charge in [0, 0.05) is 50.8 Å². The highest BCUT2D eigenvalue weighted by Crippen LogP contribution is 2.20. The molecule has 0 unspecified atom stereocenters. The fourth-order valence-corrected chi connectivity index (χ4v) is 2.47. The molecule has 26 heavy (non-hydrogen) atoms. The Morgan fingerprint density at radius 1 is 0.962 bits per heavy atom. The summed E-state index contributed by atoms with van der Waals surface area (Å²) in [6.45, 7) is 2.17. The van der Waals surface area contributed by atoms with Gasteiger partial charge in [-0.05, 0) is 18.1 Å². The summed E-state index contributed by atoms with van der Waals surface area (Å²) in [5.41, 5.74) is 2.08. The van der Waals surface area contributed by atoms with Crippen molar-refractivity contribution in [2.24, 2.45) is 0 Å². The van der Waals surface area contributed by atoms with E-state index >= 15 is 0 Å². The van der Waals surface area contributed by atoms with Crippen LogP contribution in [0.2, 0.25) is 0 Å². The predicted octanol–water partition coefficient (Wildman–Crippen LogP) is 3.60. The summed E-state index contributed by atoms with van der Waals surface area (Å²) in [6, 6.07) is 15.9. The van der Waals surface area contributed by atoms with E-state index in [1.54, 1.807) is 13.3 Å². The van der Waals surface area contributed by atoms with Gasteiger partial charge in [-0.15, -0.1) is 0 Å². The first-order valence-electron chi connectivity index (χ1n) is 8.65. The zero-order valence-corrected chi connectivity index (χ0v) is 14.9. The van der Waals surface area contributed by atoms with Crippen LogP contribution in [0.25, 0.3) is 11.4 Å². The van der Waals surface area contributed by atoms with E-state index in [9.17, 15) is 0 Å². The third kappa shape index (κ3) is 5.26. The number of hydrogen-bond donors (Lipinski definition) is 2. The van der Waals surface area contributed by atoms with Crippen LogP contribution in [0.3, 0.4) is 0 Å². The molecule has 2 N–H and O–H groups in total. The van der Waals surface area contributed by atoms with Crippen molar-refractivity contribution in [3.05, 3.63) is 66.5 Å². The number of rotatable bonds is 9. The highest BCUT2D eigenvalue weighted by molar-refractivity contribution is 5.61. The fourth-order valence-electron chi connectivity index (χ4n) is 2.47. The second-order valence-corrected chi connectivity index (χ2v) is 5.82. The molecule has 0 atom stereocenters. The van der Waals surface area contributed by atoms with Crippen LogP contribution in [0.4, 0.5) is 11.6 Å². The molecule has 6 heteroatoms. The van der Waals surface area contributed by atoms with Gasteiger partial charge in [0.2, 0.25) is 0 Å². The minimum absolute atomic E-state index is 0.655. The number of anilines is 2. The highest BCUT2D eigenvalue weighted by atomic mass is 16.5. The van der Waals surface area contributed by atoms with Crippen molar-refractivity contribution in [1.82, 2.24) is 15.0 Å². The van der Waals surface area contributed by atoms with E-state index in [2.05, 4.69) is 25.6 Å². The number of nitrogens with zero attached hydrogens (tertiary/aromatic N) is 3. The van der Waals surface area contributed by atoms with Crippen LogP contribution >= 0.6 is 0 Å². The SMILES string of the molecule is COCCCNc1cc(NCc2cccnc2)nc(-c2ccccc2)n1. The summed E-state index contributed by atoms with van der Waals surface area (Å²) in [5, 5.41) is 6.70. The topological polar surface area (TPSA) is 72.0 Å². The summed E-state index contributed by atoms with van der Waals surface area (Å²) in [5.74, 6) is 2.26. The van der Waals surface area contributed by atoms with Gasteiger partial charge < -0.3 is 15.4 Å². The number of hydrogen-bond acceptors (Lipinski definition) is 6. The molecule has 0 spiro atoms. The molecule has 0 fully saturated rings. The molecule has 2 aromatic heterocycles. The van der Waals surface area contributed by atoms with Crippen LogP contribution in [0.5, 0.6) is 0 Å². The monoisotopic (exact) mass is 349 g/mol. The second kappa shape index (κ2) is 9.48. The van der Waals surface area contributed by atoms with E-state index in [1.165, 1.54) is 0 Å². The average Bonchev–Trinajstić information content (AvgIpc) is 2.71. The third-order valence-corrected chi connectivity index (χ3v) is 3.79. The van der Waals surface area contributed by atoms with Crippen molar-refractivity contribution in [3.8, 4) is 11.4 Å². The van der Waals surface area contributed by atoms with Crippen LogP contribution in [0.1, 0.15) is 12.0 Å². The van der Waals surface area contributed by atoms with Crippen molar-refractivity contribution < 1.29 is 4.74 Å². The average molecular weight is 349 g/mol. The summed E-state index contributed by atoms with van der Waals surface area (Å²) >= 11 is 0. The lowest BCUT2D eigenvalue weighted by Gasteiger charge is -2.11. The summed E-state index contributed by atoms with van der Waals surface area (Å²) in [7, 11) is 1.71. The normalized spacial score (nSPS) is 10.5. The largest absolute Gasteiger partial charge is 0.385 e. The molecule has 6 nitrogen and oxygen atoms in total. The molecule has 2 heterocycles. The van der Waals surface area contributed by atoms with Gasteiger partial charge in [-0.1, -0.05) is 36.4 Å². The predicted molar refractivity (Wildman–Crippen MR) is 104 cm³/mol. The Labute approximate surface area is 153 Å². The van der Waals surface area contributed by atoms with E-state index in [1.807, 2.05) is 54.7 Å². The number of pyridine rings is 1. The van der Waals surface area contributed by atoms with Crippen molar-refractivity contribution in [3.63, 3.8) is 0 Å². The molecule has 0 saturated carbocycles. The first-order chi connectivity index (χ1) is 12.8. The maximum absolute atomic E-state index is 5.09. The maximum atomic E-state index is 5.09. The summed E-state index contributed by atoms with van der Waals surface area (Å²) < 4.78 is 5.09. The van der Waals surface area contributed by atoms with Gasteiger partial charge in [-0.3, -0.25) is 4.98 Å². The van der Waals surface area contributed by atoms with Crippen molar-refractivity contribution in [2.75, 3.05) is 30.9 Å². The Balaban J connectivity index is 1.77. The van der Waals surface area contributed by atoms with Gasteiger partial charge in [-0.2, -0.15) is 0 Å². The lowest BCUT2D eigenvalue weighted by molar-refractivity contribution is 0.198. The summed E-state index contributed by atoms with van der Waals surface area (Å²) in [4.78, 5) is 13.4. The maximum Gasteiger partial charge on any atom is 0.163 e. The summed E-state index contributed by atoms with van der Waals surface area (Å²) in [6.07, 6.45) is 4.53. The lowest BCUT2D eigenvalue weighted by Crippen LogP contribution is -2.09. The van der Waals surface area contributed by atoms with Crippen molar-refractivity contribution >= 4 is 11.6 Å². The van der Waals surface area contributed by atoms with Crippen LogP contribution in [0.15, 0.2) is 60.9 Å². The number of aromatic nitrogens is 3. The molecule has 1 aromatic carbocycles. The number of methoxy groups -OCH3 is 1. The Kier molecular flexibility index (Phi) is 6.50. The molecule has 3 rings (SSSR count). The highest BCUT2D eigenvalue weighted by Gasteiger charge is 2.07. The van der Waals surface area contributed by atoms with Gasteiger partial charge >= 0.3 is 0 Å². The molecule has 0 aliphatic rings. The van der Waals surface area contributed by atoms with E-state index in [0.717, 1.165) is 42.3 Å². The van der Waals surface area contributed by atoms with Gasteiger partial charge in [0.1, 0.15) is 11.6 Å². The molecule has 0 amide bonds. The molecule has 0 aliphatic carbocycles. The molecule has 3 aromatic rings.